The van der Waals surface area contributed by atoms with E-state index >= 15 is 0 Å². The van der Waals surface area contributed by atoms with E-state index in [9.17, 15) is 24.5 Å². The molecule has 3 N–H and O–H groups in total. The second-order valence-electron chi connectivity index (χ2n) is 10.8. The van der Waals surface area contributed by atoms with Crippen molar-refractivity contribution < 1.29 is 34.3 Å². The fourth-order valence-corrected chi connectivity index (χ4v) is 6.43. The maximum absolute atomic E-state index is 13.5. The molecule has 4 rings (SSSR count). The quantitative estimate of drug-likeness (QED) is 0.170. The minimum absolute atomic E-state index is 0.0857. The van der Waals surface area contributed by atoms with Crippen LogP contribution in [0.5, 0.6) is 5.75 Å². The molecule has 2 amide bonds. The molecular weight excluding hydrogens is 485 g/mol. The lowest BCUT2D eigenvalue weighted by Crippen LogP contribution is -2.46. The third kappa shape index (κ3) is 6.05. The predicted molar refractivity (Wildman–Crippen MR) is 144 cm³/mol. The number of hydrogen-bond donors (Lipinski definition) is 3. The number of phenols is 1. The number of carbonyl (C=O) groups excluding carboxylic acids is 2. The van der Waals surface area contributed by atoms with Gasteiger partial charge in [0.25, 0.3) is 0 Å². The first-order valence-corrected chi connectivity index (χ1v) is 13.8. The highest BCUT2D eigenvalue weighted by molar-refractivity contribution is 6.43. The number of nitrogens with zero attached hydrogens (tertiary/aromatic N) is 1. The van der Waals surface area contributed by atoms with E-state index in [0.29, 0.717) is 45.0 Å². The zero-order chi connectivity index (χ0) is 27.4. The molecule has 2 fully saturated rings. The Balaban J connectivity index is 1.47. The normalized spacial score (nSPS) is 25.6. The molecule has 1 aromatic rings. The average Bonchev–Trinajstić information content (AvgIpc) is 3.11. The fraction of sp³-hybridized carbons (Fsp3) is 0.552. The molecule has 3 aliphatic rings. The van der Waals surface area contributed by atoms with Gasteiger partial charge in [-0.1, -0.05) is 48.8 Å². The minimum atomic E-state index is -1.000. The summed E-state index contributed by atoms with van der Waals surface area (Å²) in [6.07, 6.45) is 6.48. The van der Waals surface area contributed by atoms with E-state index in [1.807, 2.05) is 25.1 Å². The molecule has 0 spiro atoms. The first kappa shape index (κ1) is 28.1. The van der Waals surface area contributed by atoms with Gasteiger partial charge in [-0.05, 0) is 69.3 Å². The van der Waals surface area contributed by atoms with Gasteiger partial charge in [0.15, 0.2) is 0 Å². The second-order valence-corrected chi connectivity index (χ2v) is 10.8. The van der Waals surface area contributed by atoms with Gasteiger partial charge in [-0.15, -0.1) is 0 Å². The lowest BCUT2D eigenvalue weighted by atomic mass is 9.59. The monoisotopic (exact) mass is 523 g/mol. The van der Waals surface area contributed by atoms with Crippen molar-refractivity contribution in [1.29, 1.82) is 0 Å². The summed E-state index contributed by atoms with van der Waals surface area (Å²) in [5.41, 5.74) is 4.04. The summed E-state index contributed by atoms with van der Waals surface area (Å²) in [4.78, 5) is 38.8. The summed E-state index contributed by atoms with van der Waals surface area (Å²) in [5, 5.41) is 29.6. The van der Waals surface area contributed by atoms with Crippen molar-refractivity contribution in [3.63, 3.8) is 0 Å². The molecule has 4 atom stereocenters. The van der Waals surface area contributed by atoms with Crippen LogP contribution in [-0.4, -0.2) is 57.7 Å². The summed E-state index contributed by atoms with van der Waals surface area (Å²) >= 11 is 0. The molecule has 0 saturated carbocycles. The Kier molecular flexibility index (Phi) is 9.10. The van der Waals surface area contributed by atoms with Crippen molar-refractivity contribution in [2.24, 2.45) is 17.8 Å². The van der Waals surface area contributed by atoms with E-state index in [-0.39, 0.29) is 36.0 Å². The van der Waals surface area contributed by atoms with E-state index in [1.54, 1.807) is 12.1 Å². The number of amides is 2. The number of carboxylic acids is 1. The highest BCUT2D eigenvalue weighted by Crippen LogP contribution is 2.50. The zero-order valence-corrected chi connectivity index (χ0v) is 22.3. The number of likely N-dealkylation sites (tertiary alicyclic amines) is 1. The minimum Gasteiger partial charge on any atom is -0.507 e. The van der Waals surface area contributed by atoms with Gasteiger partial charge >= 0.3 is 13.1 Å². The van der Waals surface area contributed by atoms with Gasteiger partial charge in [-0.2, -0.15) is 0 Å². The third-order valence-electron chi connectivity index (χ3n) is 8.29. The average molecular weight is 523 g/mol. The van der Waals surface area contributed by atoms with Crippen LogP contribution in [0.25, 0.3) is 6.08 Å². The number of para-hydroxylation sites is 1. The number of aliphatic carboxylic acids is 1. The topological polar surface area (TPSA) is 124 Å². The molecule has 0 bridgehead atoms. The van der Waals surface area contributed by atoms with Crippen molar-refractivity contribution >= 4 is 31.0 Å². The fourth-order valence-electron chi connectivity index (χ4n) is 6.43. The molecule has 8 nitrogen and oxygen atoms in total. The van der Waals surface area contributed by atoms with Crippen LogP contribution < -0.4 is 0 Å². The van der Waals surface area contributed by atoms with Crippen LogP contribution in [0, 0.1) is 17.8 Å². The van der Waals surface area contributed by atoms with Crippen molar-refractivity contribution in [2.75, 3.05) is 6.54 Å². The largest absolute Gasteiger partial charge is 0.507 e. The molecule has 1 aliphatic carbocycles. The molecule has 2 aliphatic heterocycles. The van der Waals surface area contributed by atoms with Crippen LogP contribution in [0.3, 0.4) is 0 Å². The Morgan fingerprint density at radius 3 is 2.61 bits per heavy atom. The van der Waals surface area contributed by atoms with E-state index in [2.05, 4.69) is 6.92 Å². The van der Waals surface area contributed by atoms with Crippen LogP contribution >= 0.6 is 0 Å². The number of phenolic OH excluding ortho intramolecular Hbond substituents is 1. The van der Waals surface area contributed by atoms with Crippen LogP contribution in [0.2, 0.25) is 6.32 Å². The molecule has 0 radical (unpaired) electrons. The molecule has 1 aromatic carbocycles. The summed E-state index contributed by atoms with van der Waals surface area (Å²) in [5.74, 6) is -2.05. The molecule has 2 saturated heterocycles. The molecule has 9 heteroatoms. The summed E-state index contributed by atoms with van der Waals surface area (Å²) in [6.45, 7) is 4.39. The lowest BCUT2D eigenvalue weighted by molar-refractivity contribution is -0.141. The highest BCUT2D eigenvalue weighted by Gasteiger charge is 2.56. The van der Waals surface area contributed by atoms with Gasteiger partial charge in [-0.25, -0.2) is 0 Å². The van der Waals surface area contributed by atoms with Crippen molar-refractivity contribution in [2.45, 2.75) is 77.6 Å². The van der Waals surface area contributed by atoms with Gasteiger partial charge in [0, 0.05) is 18.5 Å². The van der Waals surface area contributed by atoms with Crippen LogP contribution in [0.15, 0.2) is 41.0 Å². The second kappa shape index (κ2) is 12.3. The number of hydrogen-bond acceptors (Lipinski definition) is 6. The van der Waals surface area contributed by atoms with E-state index in [0.717, 1.165) is 35.1 Å². The number of fused-ring (bicyclic) bond motifs is 3. The SMILES string of the molecule is CC/C(=C\c1ccccc1O)CC[C@H]1OB(O)C[C@H]2C1=C(C)C[C@H]1C(=O)N(CCCCCC(=O)O)C(=O)[C@H]12. The summed E-state index contributed by atoms with van der Waals surface area (Å²) < 4.78 is 6.01. The van der Waals surface area contributed by atoms with Gasteiger partial charge in [0.05, 0.1) is 17.9 Å². The van der Waals surface area contributed by atoms with Crippen LogP contribution in [0.1, 0.15) is 70.8 Å². The van der Waals surface area contributed by atoms with Gasteiger partial charge in [-0.3, -0.25) is 19.3 Å². The molecule has 0 aromatic heterocycles. The maximum atomic E-state index is 13.5. The molecular formula is C29H38BNO7. The Hall–Kier alpha value is -2.91. The molecule has 38 heavy (non-hydrogen) atoms. The Bertz CT molecular complexity index is 1130. The van der Waals surface area contributed by atoms with Crippen LogP contribution in [0.4, 0.5) is 0 Å². The number of carbonyl (C=O) groups is 3. The lowest BCUT2D eigenvalue weighted by Gasteiger charge is -2.42. The summed E-state index contributed by atoms with van der Waals surface area (Å²) in [6, 6.07) is 7.21. The van der Waals surface area contributed by atoms with E-state index in [1.165, 1.54) is 4.90 Å². The third-order valence-corrected chi connectivity index (χ3v) is 8.29. The van der Waals surface area contributed by atoms with Crippen LogP contribution in [-0.2, 0) is 19.0 Å². The predicted octanol–water partition coefficient (Wildman–Crippen LogP) is 4.43. The smallest absolute Gasteiger partial charge is 0.455 e. The van der Waals surface area contributed by atoms with Gasteiger partial charge in [0.1, 0.15) is 5.75 Å². The van der Waals surface area contributed by atoms with E-state index < -0.39 is 24.9 Å². The maximum Gasteiger partial charge on any atom is 0.455 e. The van der Waals surface area contributed by atoms with Crippen molar-refractivity contribution in [1.82, 2.24) is 4.90 Å². The number of unbranched alkanes of at least 4 members (excludes halogenated alkanes) is 2. The standard InChI is InChI=1S/C29H38BNO7/c1-3-19(16-20-9-6-7-10-23(20)32)12-13-24-26-18(2)15-21-27(22(26)17-30(37)38-24)29(36)31(28(21)35)14-8-4-5-11-25(33)34/h6-7,9-10,16,21-22,24,27,32,37H,3-5,8,11-15,17H2,1-2H3,(H,33,34)/b19-16+/t21-,22+,24-,27-/m1/s1. The van der Waals surface area contributed by atoms with E-state index in [4.69, 9.17) is 9.76 Å². The van der Waals surface area contributed by atoms with Gasteiger partial charge in [0.2, 0.25) is 11.8 Å². The number of benzene rings is 1. The number of rotatable bonds is 11. The summed E-state index contributed by atoms with van der Waals surface area (Å²) in [7, 11) is -1.000. The molecule has 204 valence electrons. The molecule has 0 unspecified atom stereocenters. The Labute approximate surface area is 224 Å². The Morgan fingerprint density at radius 2 is 1.89 bits per heavy atom. The molecule has 2 heterocycles. The first-order valence-electron chi connectivity index (χ1n) is 13.8. The van der Waals surface area contributed by atoms with Crippen molar-refractivity contribution in [3.8, 4) is 5.75 Å². The highest BCUT2D eigenvalue weighted by atomic mass is 16.5. The number of aromatic hydroxyl groups is 1. The number of allylic oxidation sites excluding steroid dienone is 2. The Morgan fingerprint density at radius 1 is 1.13 bits per heavy atom. The first-order chi connectivity index (χ1) is 18.2. The van der Waals surface area contributed by atoms with Crippen molar-refractivity contribution in [3.05, 3.63) is 46.5 Å². The zero-order valence-electron chi connectivity index (χ0n) is 22.3. The number of imide groups is 1. The van der Waals surface area contributed by atoms with Gasteiger partial charge < -0.3 is 19.9 Å². The number of carboxylic acid groups (broad SMARTS) is 1.